The van der Waals surface area contributed by atoms with Crippen LogP contribution in [0.25, 0.3) is 0 Å². The van der Waals surface area contributed by atoms with Crippen LogP contribution in [0.4, 0.5) is 0 Å². The predicted octanol–water partition coefficient (Wildman–Crippen LogP) is 1.47. The van der Waals surface area contributed by atoms with Crippen LogP contribution in [0, 0.1) is 0 Å². The summed E-state index contributed by atoms with van der Waals surface area (Å²) in [6.07, 6.45) is 1.48. The van der Waals surface area contributed by atoms with Gasteiger partial charge in [-0.25, -0.2) is 0 Å². The summed E-state index contributed by atoms with van der Waals surface area (Å²) in [6.45, 7) is 3.68. The zero-order valence-electron chi connectivity index (χ0n) is 4.35. The highest BCUT2D eigenvalue weighted by molar-refractivity contribution is 14.1. The van der Waals surface area contributed by atoms with Gasteiger partial charge in [-0.05, 0) is 6.42 Å². The van der Waals surface area contributed by atoms with Crippen LogP contribution in [-0.4, -0.2) is 9.02 Å². The van der Waals surface area contributed by atoms with Crippen LogP contribution in [0.5, 0.6) is 0 Å². The molecule has 0 aromatic carbocycles. The first kappa shape index (κ1) is 6.07. The minimum absolute atomic E-state index is 0.176. The van der Waals surface area contributed by atoms with Crippen LogP contribution in [0.2, 0.25) is 0 Å². The van der Waals surface area contributed by atoms with Gasteiger partial charge in [-0.15, -0.1) is 0 Å². The van der Waals surface area contributed by atoms with Crippen molar-refractivity contribution in [3.63, 3.8) is 0 Å². The molecule has 0 aliphatic carbocycles. The Morgan fingerprint density at radius 1 is 1.62 bits per heavy atom. The number of hydrogen-bond acceptors (Lipinski definition) is 1. The molecule has 3 heteroatoms. The van der Waals surface area contributed by atoms with E-state index in [1.54, 1.807) is 3.11 Å². The topological polar surface area (TPSA) is 20.3 Å². The highest BCUT2D eigenvalue weighted by Gasteiger charge is 2.20. The molecule has 0 spiro atoms. The van der Waals surface area contributed by atoms with Gasteiger partial charge in [-0.3, -0.25) is 7.91 Å². The molecular weight excluding hydrogens is 217 g/mol. The largest absolute Gasteiger partial charge is 0.274 e. The third-order valence-electron chi connectivity index (χ3n) is 1.12. The number of allylic oxidation sites excluding steroid dienone is 1. The monoisotopic (exact) mass is 223 g/mol. The molecule has 0 bridgehead atoms. The fraction of sp³-hybridized carbons (Fsp3) is 0.400. The summed E-state index contributed by atoms with van der Waals surface area (Å²) in [7, 11) is 0. The maximum atomic E-state index is 10.6. The van der Waals surface area contributed by atoms with E-state index < -0.39 is 0 Å². The summed E-state index contributed by atoms with van der Waals surface area (Å²) in [5.74, 6) is 0.176. The van der Waals surface area contributed by atoms with Crippen molar-refractivity contribution in [2.75, 3.05) is 0 Å². The van der Waals surface area contributed by atoms with Crippen LogP contribution in [0.15, 0.2) is 12.3 Å². The molecule has 0 aromatic heterocycles. The van der Waals surface area contributed by atoms with Gasteiger partial charge in [0, 0.05) is 12.1 Å². The first-order chi connectivity index (χ1) is 3.72. The molecular formula is C5H6INO. The second-order valence-corrected chi connectivity index (χ2v) is 2.71. The SMILES string of the molecule is C=C1CCC(=O)N1I. The second kappa shape index (κ2) is 2.05. The number of carbonyl (C=O) groups is 1. The van der Waals surface area contributed by atoms with Crippen molar-refractivity contribution in [3.8, 4) is 0 Å². The molecule has 1 saturated heterocycles. The van der Waals surface area contributed by atoms with Crippen LogP contribution < -0.4 is 0 Å². The number of carbonyl (C=O) groups excluding carboxylic acids is 1. The maximum absolute atomic E-state index is 10.6. The Bertz CT molecular complexity index is 127. The van der Waals surface area contributed by atoms with Crippen molar-refractivity contribution in [3.05, 3.63) is 12.3 Å². The Hall–Kier alpha value is -0.0600. The van der Waals surface area contributed by atoms with Crippen molar-refractivity contribution in [2.45, 2.75) is 12.8 Å². The lowest BCUT2D eigenvalue weighted by Gasteiger charge is -2.03. The van der Waals surface area contributed by atoms with Crippen molar-refractivity contribution < 1.29 is 4.79 Å². The Kier molecular flexibility index (Phi) is 1.55. The molecule has 1 amide bonds. The summed E-state index contributed by atoms with van der Waals surface area (Å²) in [6, 6.07) is 0. The third kappa shape index (κ3) is 0.866. The summed E-state index contributed by atoms with van der Waals surface area (Å²) in [5, 5.41) is 0. The zero-order valence-corrected chi connectivity index (χ0v) is 6.51. The second-order valence-electron chi connectivity index (χ2n) is 1.74. The molecule has 1 aliphatic heterocycles. The summed E-state index contributed by atoms with van der Waals surface area (Å²) in [4.78, 5) is 10.6. The molecule has 0 saturated carbocycles. The van der Waals surface area contributed by atoms with Gasteiger partial charge < -0.3 is 0 Å². The van der Waals surface area contributed by atoms with Gasteiger partial charge in [-0.2, -0.15) is 0 Å². The molecule has 0 aromatic rings. The van der Waals surface area contributed by atoms with Crippen LogP contribution >= 0.6 is 22.9 Å². The lowest BCUT2D eigenvalue weighted by Crippen LogP contribution is -2.08. The van der Waals surface area contributed by atoms with E-state index in [0.29, 0.717) is 6.42 Å². The molecule has 0 radical (unpaired) electrons. The van der Waals surface area contributed by atoms with Crippen molar-refractivity contribution >= 4 is 28.8 Å². The summed E-state index contributed by atoms with van der Waals surface area (Å²) in [5.41, 5.74) is 0.926. The van der Waals surface area contributed by atoms with E-state index in [1.807, 2.05) is 22.9 Å². The average molecular weight is 223 g/mol. The Morgan fingerprint density at radius 3 is 2.38 bits per heavy atom. The van der Waals surface area contributed by atoms with E-state index in [2.05, 4.69) is 6.58 Å². The molecule has 2 nitrogen and oxygen atoms in total. The van der Waals surface area contributed by atoms with Gasteiger partial charge in [0.25, 0.3) is 0 Å². The zero-order chi connectivity index (χ0) is 6.15. The molecule has 0 N–H and O–H groups in total. The fourth-order valence-electron chi connectivity index (χ4n) is 0.624. The van der Waals surface area contributed by atoms with Gasteiger partial charge in [0.2, 0.25) is 5.91 Å². The first-order valence-electron chi connectivity index (χ1n) is 2.38. The van der Waals surface area contributed by atoms with Gasteiger partial charge in [-0.1, -0.05) is 6.58 Å². The number of rotatable bonds is 0. The standard InChI is InChI=1S/C5H6INO/c1-4-2-3-5(8)7(4)6/h1-3H2. The van der Waals surface area contributed by atoms with Gasteiger partial charge >= 0.3 is 0 Å². The van der Waals surface area contributed by atoms with Gasteiger partial charge in [0.1, 0.15) is 0 Å². The van der Waals surface area contributed by atoms with Crippen LogP contribution in [0.1, 0.15) is 12.8 Å². The summed E-state index contributed by atoms with van der Waals surface area (Å²) < 4.78 is 1.58. The van der Waals surface area contributed by atoms with E-state index in [4.69, 9.17) is 0 Å². The predicted molar refractivity (Wildman–Crippen MR) is 39.2 cm³/mol. The van der Waals surface area contributed by atoms with E-state index in [0.717, 1.165) is 12.1 Å². The molecule has 1 heterocycles. The Labute approximate surface area is 62.0 Å². The highest BCUT2D eigenvalue weighted by atomic mass is 127. The van der Waals surface area contributed by atoms with Crippen LogP contribution in [0.3, 0.4) is 0 Å². The number of hydrogen-bond donors (Lipinski definition) is 0. The maximum Gasteiger partial charge on any atom is 0.235 e. The Balaban J connectivity index is 2.70. The lowest BCUT2D eigenvalue weighted by molar-refractivity contribution is -0.122. The van der Waals surface area contributed by atoms with E-state index >= 15 is 0 Å². The van der Waals surface area contributed by atoms with E-state index in [-0.39, 0.29) is 5.91 Å². The van der Waals surface area contributed by atoms with Crippen molar-refractivity contribution in [1.29, 1.82) is 0 Å². The highest BCUT2D eigenvalue weighted by Crippen LogP contribution is 2.23. The number of halogens is 1. The molecule has 0 unspecified atom stereocenters. The van der Waals surface area contributed by atoms with Gasteiger partial charge in [0.15, 0.2) is 0 Å². The van der Waals surface area contributed by atoms with Crippen molar-refractivity contribution in [1.82, 2.24) is 3.11 Å². The minimum Gasteiger partial charge on any atom is -0.274 e. The smallest absolute Gasteiger partial charge is 0.235 e. The number of amides is 1. The fourth-order valence-corrected chi connectivity index (χ4v) is 1.11. The third-order valence-corrected chi connectivity index (χ3v) is 2.34. The average Bonchev–Trinajstić information content (AvgIpc) is 1.98. The minimum atomic E-state index is 0.176. The van der Waals surface area contributed by atoms with Crippen molar-refractivity contribution in [2.24, 2.45) is 0 Å². The van der Waals surface area contributed by atoms with E-state index in [1.165, 1.54) is 0 Å². The molecule has 1 rings (SSSR count). The quantitative estimate of drug-likeness (QED) is 0.449. The molecule has 1 fully saturated rings. The van der Waals surface area contributed by atoms with E-state index in [9.17, 15) is 4.79 Å². The normalized spacial score (nSPS) is 20.4. The summed E-state index contributed by atoms with van der Waals surface area (Å²) >= 11 is 1.97. The first-order valence-corrected chi connectivity index (χ1v) is 3.35. The molecule has 8 heavy (non-hydrogen) atoms. The number of nitrogens with zero attached hydrogens (tertiary/aromatic N) is 1. The lowest BCUT2D eigenvalue weighted by atomic mass is 10.3. The Morgan fingerprint density at radius 2 is 2.25 bits per heavy atom. The molecule has 1 aliphatic rings. The molecule has 44 valence electrons. The van der Waals surface area contributed by atoms with Crippen LogP contribution in [-0.2, 0) is 4.79 Å². The molecule has 0 atom stereocenters. The van der Waals surface area contributed by atoms with Gasteiger partial charge in [0.05, 0.1) is 22.9 Å².